The summed E-state index contributed by atoms with van der Waals surface area (Å²) in [6, 6.07) is 3.43. The molecule has 0 unspecified atom stereocenters. The molecule has 0 fully saturated rings. The molecule has 2 rings (SSSR count). The zero-order valence-corrected chi connectivity index (χ0v) is 9.99. The number of nitrogens with zero attached hydrogens (tertiary/aromatic N) is 1. The first kappa shape index (κ1) is 10.0. The van der Waals surface area contributed by atoms with E-state index in [4.69, 9.17) is 28.9 Å². The van der Waals surface area contributed by atoms with Crippen LogP contribution in [0.2, 0.25) is 10.2 Å². The average Bonchev–Trinajstić information content (AvgIpc) is 2.10. The van der Waals surface area contributed by atoms with Gasteiger partial charge >= 0.3 is 0 Å². The molecule has 14 heavy (non-hydrogen) atoms. The summed E-state index contributed by atoms with van der Waals surface area (Å²) in [6.07, 6.45) is 1.62. The molecule has 5 heteroatoms. The van der Waals surface area contributed by atoms with E-state index in [9.17, 15) is 0 Å². The third kappa shape index (κ3) is 1.56. The molecule has 0 saturated carbocycles. The van der Waals surface area contributed by atoms with Gasteiger partial charge in [-0.1, -0.05) is 23.2 Å². The maximum Gasteiger partial charge on any atom is 0.137 e. The lowest BCUT2D eigenvalue weighted by Gasteiger charge is -2.06. The highest BCUT2D eigenvalue weighted by Gasteiger charge is 2.08. The van der Waals surface area contributed by atoms with Crippen LogP contribution in [0.4, 0.5) is 5.69 Å². The van der Waals surface area contributed by atoms with Gasteiger partial charge in [0.1, 0.15) is 5.15 Å². The molecule has 1 aromatic heterocycles. The molecule has 2 N–H and O–H groups in total. The van der Waals surface area contributed by atoms with Gasteiger partial charge in [0.05, 0.1) is 0 Å². The van der Waals surface area contributed by atoms with Crippen molar-refractivity contribution in [3.8, 4) is 0 Å². The number of rotatable bonds is 0. The smallest absolute Gasteiger partial charge is 0.137 e. The second-order valence-corrected chi connectivity index (χ2v) is 4.46. The largest absolute Gasteiger partial charge is 0.398 e. The first-order valence-corrected chi connectivity index (χ1v) is 5.33. The minimum Gasteiger partial charge on any atom is -0.398 e. The molecule has 0 atom stereocenters. The van der Waals surface area contributed by atoms with Crippen molar-refractivity contribution >= 4 is 55.6 Å². The topological polar surface area (TPSA) is 38.9 Å². The molecule has 0 aliphatic carbocycles. The molecular weight excluding hydrogens is 287 g/mol. The second-order valence-electron chi connectivity index (χ2n) is 2.81. The molecule has 1 aromatic carbocycles. The average molecular weight is 292 g/mol. The van der Waals surface area contributed by atoms with Crippen molar-refractivity contribution in [2.45, 2.75) is 0 Å². The van der Waals surface area contributed by atoms with Gasteiger partial charge in [0.25, 0.3) is 0 Å². The molecule has 2 nitrogen and oxygen atoms in total. The molecule has 0 aliphatic heterocycles. The van der Waals surface area contributed by atoms with Gasteiger partial charge in [0.15, 0.2) is 0 Å². The summed E-state index contributed by atoms with van der Waals surface area (Å²) in [5.74, 6) is 0. The molecule has 0 amide bonds. The van der Waals surface area contributed by atoms with Gasteiger partial charge in [-0.05, 0) is 28.1 Å². The predicted octanol–water partition coefficient (Wildman–Crippen LogP) is 3.89. The van der Waals surface area contributed by atoms with Crippen molar-refractivity contribution in [2.24, 2.45) is 0 Å². The van der Waals surface area contributed by atoms with E-state index >= 15 is 0 Å². The predicted molar refractivity (Wildman–Crippen MR) is 63.9 cm³/mol. The minimum atomic E-state index is 0.400. The third-order valence-electron chi connectivity index (χ3n) is 1.89. The highest BCUT2D eigenvalue weighted by molar-refractivity contribution is 9.10. The Morgan fingerprint density at radius 2 is 2.00 bits per heavy atom. The van der Waals surface area contributed by atoms with Crippen LogP contribution in [0.3, 0.4) is 0 Å². The Labute approximate surface area is 99.1 Å². The van der Waals surface area contributed by atoms with Gasteiger partial charge in [-0.3, -0.25) is 0 Å². The zero-order valence-electron chi connectivity index (χ0n) is 6.89. The molecule has 72 valence electrons. The lowest BCUT2D eigenvalue weighted by molar-refractivity contribution is 1.35. The Hall–Kier alpha value is -0.510. The summed E-state index contributed by atoms with van der Waals surface area (Å²) in [5, 5.41) is 2.55. The lowest BCUT2D eigenvalue weighted by Crippen LogP contribution is -1.90. The Morgan fingerprint density at radius 3 is 2.71 bits per heavy atom. The monoisotopic (exact) mass is 290 g/mol. The number of benzene rings is 1. The number of anilines is 1. The maximum absolute atomic E-state index is 5.93. The number of pyridine rings is 1. The lowest BCUT2D eigenvalue weighted by atomic mass is 10.1. The molecule has 1 heterocycles. The SMILES string of the molecule is Nc1cc(Cl)cc2c(Cl)ncc(Br)c12. The van der Waals surface area contributed by atoms with Gasteiger partial charge in [0.2, 0.25) is 0 Å². The van der Waals surface area contributed by atoms with Gasteiger partial charge in [-0.15, -0.1) is 0 Å². The van der Waals surface area contributed by atoms with Crippen LogP contribution in [0.15, 0.2) is 22.8 Å². The van der Waals surface area contributed by atoms with E-state index < -0.39 is 0 Å². The molecular formula is C9H5BrCl2N2. The van der Waals surface area contributed by atoms with Gasteiger partial charge in [0, 0.05) is 32.2 Å². The summed E-state index contributed by atoms with van der Waals surface area (Å²) >= 11 is 15.2. The summed E-state index contributed by atoms with van der Waals surface area (Å²) in [4.78, 5) is 3.99. The minimum absolute atomic E-state index is 0.400. The number of hydrogen-bond acceptors (Lipinski definition) is 2. The first-order chi connectivity index (χ1) is 6.59. The Bertz CT molecular complexity index is 514. The van der Waals surface area contributed by atoms with Crippen LogP contribution in [-0.2, 0) is 0 Å². The van der Waals surface area contributed by atoms with E-state index in [-0.39, 0.29) is 0 Å². The fourth-order valence-electron chi connectivity index (χ4n) is 1.30. The number of nitrogens with two attached hydrogens (primary N) is 1. The van der Waals surface area contributed by atoms with Crippen LogP contribution in [-0.4, -0.2) is 4.98 Å². The highest BCUT2D eigenvalue weighted by Crippen LogP contribution is 2.34. The van der Waals surface area contributed by atoms with Crippen molar-refractivity contribution in [1.29, 1.82) is 0 Å². The summed E-state index contributed by atoms with van der Waals surface area (Å²) in [6.45, 7) is 0. The van der Waals surface area contributed by atoms with E-state index in [0.29, 0.717) is 15.9 Å². The molecule has 0 aliphatic rings. The van der Waals surface area contributed by atoms with Crippen molar-refractivity contribution in [3.05, 3.63) is 33.0 Å². The van der Waals surface area contributed by atoms with Crippen LogP contribution in [0.1, 0.15) is 0 Å². The van der Waals surface area contributed by atoms with E-state index in [0.717, 1.165) is 15.2 Å². The quantitative estimate of drug-likeness (QED) is 0.591. The van der Waals surface area contributed by atoms with Gasteiger partial charge in [-0.2, -0.15) is 0 Å². The van der Waals surface area contributed by atoms with E-state index in [1.807, 2.05) is 0 Å². The molecule has 0 spiro atoms. The Morgan fingerprint density at radius 1 is 1.29 bits per heavy atom. The highest BCUT2D eigenvalue weighted by atomic mass is 79.9. The van der Waals surface area contributed by atoms with Gasteiger partial charge in [-0.25, -0.2) is 4.98 Å². The maximum atomic E-state index is 5.93. The van der Waals surface area contributed by atoms with Crippen molar-refractivity contribution in [3.63, 3.8) is 0 Å². The van der Waals surface area contributed by atoms with E-state index in [2.05, 4.69) is 20.9 Å². The summed E-state index contributed by atoms with van der Waals surface area (Å²) in [5.41, 5.74) is 6.41. The van der Waals surface area contributed by atoms with Crippen LogP contribution in [0.25, 0.3) is 10.8 Å². The van der Waals surface area contributed by atoms with E-state index in [1.165, 1.54) is 0 Å². The molecule has 0 radical (unpaired) electrons. The van der Waals surface area contributed by atoms with Crippen LogP contribution in [0.5, 0.6) is 0 Å². The van der Waals surface area contributed by atoms with Crippen LogP contribution >= 0.6 is 39.1 Å². The van der Waals surface area contributed by atoms with Gasteiger partial charge < -0.3 is 5.73 Å². The molecule has 0 saturated heterocycles. The molecule has 2 aromatic rings. The van der Waals surface area contributed by atoms with Crippen LogP contribution in [0, 0.1) is 0 Å². The Kier molecular flexibility index (Phi) is 2.56. The number of nitrogen functional groups attached to an aromatic ring is 1. The summed E-state index contributed by atoms with van der Waals surface area (Å²) in [7, 11) is 0. The standard InChI is InChI=1S/C9H5BrCl2N2/c10-6-3-14-9(12)5-1-4(11)2-7(13)8(5)6/h1-3H,13H2. The first-order valence-electron chi connectivity index (χ1n) is 3.78. The van der Waals surface area contributed by atoms with E-state index in [1.54, 1.807) is 18.3 Å². The fraction of sp³-hybridized carbons (Fsp3) is 0. The van der Waals surface area contributed by atoms with Crippen molar-refractivity contribution in [2.75, 3.05) is 5.73 Å². The molecule has 0 bridgehead atoms. The number of halogens is 3. The van der Waals surface area contributed by atoms with Crippen molar-refractivity contribution < 1.29 is 0 Å². The van der Waals surface area contributed by atoms with Crippen LogP contribution < -0.4 is 5.73 Å². The normalized spacial score (nSPS) is 10.8. The number of fused-ring (bicyclic) bond motifs is 1. The number of hydrogen-bond donors (Lipinski definition) is 1. The summed E-state index contributed by atoms with van der Waals surface area (Å²) < 4.78 is 0.811. The Balaban J connectivity index is 3.00. The fourth-order valence-corrected chi connectivity index (χ4v) is 2.27. The second kappa shape index (κ2) is 3.57. The third-order valence-corrected chi connectivity index (χ3v) is 3.01. The number of aromatic nitrogens is 1. The zero-order chi connectivity index (χ0) is 10.3. The van der Waals surface area contributed by atoms with Crippen molar-refractivity contribution in [1.82, 2.24) is 4.98 Å².